The van der Waals surface area contributed by atoms with Crippen LogP contribution in [0.25, 0.3) is 16.9 Å². The van der Waals surface area contributed by atoms with Crippen LogP contribution < -0.4 is 0 Å². The first kappa shape index (κ1) is 22.3. The number of hydrogen-bond donors (Lipinski definition) is 1. The molecule has 0 unspecified atom stereocenters. The second kappa shape index (κ2) is 9.45. The summed E-state index contributed by atoms with van der Waals surface area (Å²) >= 11 is 0. The van der Waals surface area contributed by atoms with Gasteiger partial charge in [-0.15, -0.1) is 0 Å². The van der Waals surface area contributed by atoms with E-state index in [0.29, 0.717) is 41.0 Å². The largest absolute Gasteiger partial charge is 0.481 e. The molecule has 6 heteroatoms. The molecule has 29 heavy (non-hydrogen) atoms. The number of aromatic nitrogens is 2. The summed E-state index contributed by atoms with van der Waals surface area (Å²) in [6.45, 7) is 9.51. The summed E-state index contributed by atoms with van der Waals surface area (Å²) in [5.41, 5.74) is 3.36. The molecule has 3 aromatic rings. The van der Waals surface area contributed by atoms with Gasteiger partial charge >= 0.3 is 5.97 Å². The normalized spacial score (nSPS) is 10.6. The minimum Gasteiger partial charge on any atom is -0.481 e. The van der Waals surface area contributed by atoms with Crippen LogP contribution in [0, 0.1) is 19.7 Å². The van der Waals surface area contributed by atoms with Gasteiger partial charge in [-0.3, -0.25) is 9.59 Å². The highest BCUT2D eigenvalue weighted by atomic mass is 19.1. The van der Waals surface area contributed by atoms with E-state index in [1.165, 1.54) is 6.07 Å². The van der Waals surface area contributed by atoms with Crippen LogP contribution in [-0.4, -0.2) is 26.2 Å². The lowest BCUT2D eigenvalue weighted by molar-refractivity contribution is -0.136. The van der Waals surface area contributed by atoms with Crippen molar-refractivity contribution in [2.75, 3.05) is 0 Å². The molecular weight excluding hydrogens is 371 g/mol. The first-order valence-electron chi connectivity index (χ1n) is 9.85. The Morgan fingerprint density at radius 3 is 2.45 bits per heavy atom. The number of benzene rings is 1. The number of aryl methyl sites for hydroxylation is 2. The number of pyridine rings is 1. The minimum atomic E-state index is -1.02. The van der Waals surface area contributed by atoms with E-state index in [1.807, 2.05) is 39.8 Å². The lowest BCUT2D eigenvalue weighted by atomic mass is 9.97. The number of fused-ring (bicyclic) bond motifs is 1. The molecule has 2 heterocycles. The topological polar surface area (TPSA) is 71.7 Å². The zero-order valence-electron chi connectivity index (χ0n) is 17.5. The molecule has 0 aliphatic rings. The Labute approximate surface area is 170 Å². The molecule has 0 aliphatic heterocycles. The Bertz CT molecular complexity index is 1030. The monoisotopic (exact) mass is 398 g/mol. The van der Waals surface area contributed by atoms with E-state index in [-0.39, 0.29) is 17.8 Å². The number of carbonyl (C=O) groups excluding carboxylic acids is 1. The van der Waals surface area contributed by atoms with Crippen molar-refractivity contribution in [2.24, 2.45) is 0 Å². The van der Waals surface area contributed by atoms with E-state index in [0.717, 1.165) is 5.56 Å². The number of imidazole rings is 1. The van der Waals surface area contributed by atoms with Crippen LogP contribution in [-0.2, 0) is 11.2 Å². The second-order valence-electron chi connectivity index (χ2n) is 6.73. The molecule has 0 bridgehead atoms. The van der Waals surface area contributed by atoms with Gasteiger partial charge in [0.15, 0.2) is 5.78 Å². The van der Waals surface area contributed by atoms with Gasteiger partial charge < -0.3 is 9.51 Å². The standard InChI is InChI=1S/C21H21FN2O3.C2H6/c1-4-5-17(25)14-9-13(3)20(15(22)10-14)21-16(11-19(26)27)24-7-6-12(2)8-18(24)23-21;1-2/h6-10H,4-5,11H2,1-3H3,(H,26,27);1-2H3. The van der Waals surface area contributed by atoms with E-state index in [1.54, 1.807) is 23.6 Å². The van der Waals surface area contributed by atoms with Crippen LogP contribution in [0.1, 0.15) is 60.8 Å². The van der Waals surface area contributed by atoms with Crippen molar-refractivity contribution in [2.45, 2.75) is 53.9 Å². The Hall–Kier alpha value is -3.02. The highest BCUT2D eigenvalue weighted by Gasteiger charge is 2.22. The number of Topliss-reactive ketones (excluding diaryl/α,β-unsaturated/α-hetero) is 1. The molecular formula is C23H27FN2O3. The van der Waals surface area contributed by atoms with E-state index >= 15 is 0 Å². The third-order valence-corrected chi connectivity index (χ3v) is 4.52. The van der Waals surface area contributed by atoms with E-state index < -0.39 is 11.8 Å². The molecule has 0 saturated heterocycles. The lowest BCUT2D eigenvalue weighted by Crippen LogP contribution is -2.06. The van der Waals surface area contributed by atoms with Gasteiger partial charge in [-0.2, -0.15) is 0 Å². The number of carbonyl (C=O) groups is 2. The number of hydrogen-bond acceptors (Lipinski definition) is 3. The molecule has 1 aromatic carbocycles. The molecule has 1 N–H and O–H groups in total. The van der Waals surface area contributed by atoms with Crippen molar-refractivity contribution in [1.82, 2.24) is 9.38 Å². The first-order chi connectivity index (χ1) is 13.8. The van der Waals surface area contributed by atoms with Crippen LogP contribution in [0.3, 0.4) is 0 Å². The second-order valence-corrected chi connectivity index (χ2v) is 6.73. The van der Waals surface area contributed by atoms with Crippen molar-refractivity contribution in [3.8, 4) is 11.3 Å². The van der Waals surface area contributed by atoms with Crippen molar-refractivity contribution in [3.63, 3.8) is 0 Å². The number of halogens is 1. The SMILES string of the molecule is CC.CCCC(=O)c1cc(C)c(-c2nc3cc(C)ccn3c2CC(=O)O)c(F)c1. The quantitative estimate of drug-likeness (QED) is 0.565. The fourth-order valence-electron chi connectivity index (χ4n) is 3.29. The number of nitrogens with zero attached hydrogens (tertiary/aromatic N) is 2. The Balaban J connectivity index is 0.00000145. The average Bonchev–Trinajstić information content (AvgIpc) is 2.99. The van der Waals surface area contributed by atoms with Gasteiger partial charge in [0.2, 0.25) is 0 Å². The summed E-state index contributed by atoms with van der Waals surface area (Å²) in [5.74, 6) is -1.70. The summed E-state index contributed by atoms with van der Waals surface area (Å²) in [4.78, 5) is 28.0. The molecule has 0 aliphatic carbocycles. The molecule has 0 atom stereocenters. The Morgan fingerprint density at radius 1 is 1.17 bits per heavy atom. The highest BCUT2D eigenvalue weighted by molar-refractivity contribution is 5.97. The van der Waals surface area contributed by atoms with Crippen LogP contribution in [0.4, 0.5) is 4.39 Å². The fourth-order valence-corrected chi connectivity index (χ4v) is 3.29. The van der Waals surface area contributed by atoms with E-state index in [9.17, 15) is 19.1 Å². The van der Waals surface area contributed by atoms with Gasteiger partial charge in [0.05, 0.1) is 17.8 Å². The molecule has 0 radical (unpaired) electrons. The third-order valence-electron chi connectivity index (χ3n) is 4.52. The van der Waals surface area contributed by atoms with Crippen molar-refractivity contribution in [3.05, 3.63) is 58.7 Å². The summed E-state index contributed by atoms with van der Waals surface area (Å²) in [5, 5.41) is 9.31. The average molecular weight is 398 g/mol. The first-order valence-corrected chi connectivity index (χ1v) is 9.85. The van der Waals surface area contributed by atoms with Gasteiger partial charge in [-0.05, 0) is 55.7 Å². The molecule has 0 saturated carbocycles. The van der Waals surface area contributed by atoms with Gasteiger partial charge in [0, 0.05) is 23.7 Å². The fraction of sp³-hybridized carbons (Fsp3) is 0.348. The molecule has 0 spiro atoms. The molecule has 3 rings (SSSR count). The van der Waals surface area contributed by atoms with Gasteiger partial charge in [0.1, 0.15) is 11.5 Å². The summed E-state index contributed by atoms with van der Waals surface area (Å²) in [6, 6.07) is 6.54. The zero-order chi connectivity index (χ0) is 21.7. The van der Waals surface area contributed by atoms with Gasteiger partial charge in [0.25, 0.3) is 0 Å². The van der Waals surface area contributed by atoms with E-state index in [4.69, 9.17) is 0 Å². The molecule has 0 amide bonds. The maximum Gasteiger partial charge on any atom is 0.309 e. The summed E-state index contributed by atoms with van der Waals surface area (Å²) in [7, 11) is 0. The Morgan fingerprint density at radius 2 is 1.86 bits per heavy atom. The Kier molecular flexibility index (Phi) is 7.26. The predicted molar refractivity (Wildman–Crippen MR) is 112 cm³/mol. The van der Waals surface area contributed by atoms with Crippen LogP contribution >= 0.6 is 0 Å². The van der Waals surface area contributed by atoms with Gasteiger partial charge in [-0.25, -0.2) is 9.37 Å². The van der Waals surface area contributed by atoms with Crippen molar-refractivity contribution in [1.29, 1.82) is 0 Å². The number of carboxylic acid groups (broad SMARTS) is 1. The molecule has 5 nitrogen and oxygen atoms in total. The molecule has 2 aromatic heterocycles. The number of ketones is 1. The number of carboxylic acids is 1. The number of rotatable bonds is 6. The number of aliphatic carboxylic acids is 1. The zero-order valence-corrected chi connectivity index (χ0v) is 17.5. The van der Waals surface area contributed by atoms with E-state index in [2.05, 4.69) is 4.98 Å². The molecule has 154 valence electrons. The maximum atomic E-state index is 15.0. The minimum absolute atomic E-state index is 0.109. The van der Waals surface area contributed by atoms with Crippen LogP contribution in [0.15, 0.2) is 30.5 Å². The highest BCUT2D eigenvalue weighted by Crippen LogP contribution is 2.31. The third kappa shape index (κ3) is 4.70. The lowest BCUT2D eigenvalue weighted by Gasteiger charge is -2.10. The van der Waals surface area contributed by atoms with Gasteiger partial charge in [-0.1, -0.05) is 20.8 Å². The van der Waals surface area contributed by atoms with Crippen LogP contribution in [0.5, 0.6) is 0 Å². The van der Waals surface area contributed by atoms with Crippen molar-refractivity contribution < 1.29 is 19.1 Å². The summed E-state index contributed by atoms with van der Waals surface area (Å²) < 4.78 is 16.6. The summed E-state index contributed by atoms with van der Waals surface area (Å²) in [6.07, 6.45) is 2.51. The smallest absolute Gasteiger partial charge is 0.309 e. The van der Waals surface area contributed by atoms with Crippen LogP contribution in [0.2, 0.25) is 0 Å². The molecule has 0 fully saturated rings. The maximum absolute atomic E-state index is 15.0. The predicted octanol–water partition coefficient (Wildman–Crippen LogP) is 5.39. The van der Waals surface area contributed by atoms with Crippen molar-refractivity contribution >= 4 is 17.4 Å².